The number of hydrazone groups is 1. The van der Waals surface area contributed by atoms with Gasteiger partial charge in [-0.2, -0.15) is 5.10 Å². The third-order valence-corrected chi connectivity index (χ3v) is 2.86. The summed E-state index contributed by atoms with van der Waals surface area (Å²) in [6.07, 6.45) is 0. The normalized spacial score (nSPS) is 12.2. The van der Waals surface area contributed by atoms with Gasteiger partial charge >= 0.3 is 0 Å². The van der Waals surface area contributed by atoms with Gasteiger partial charge in [-0.25, -0.2) is 0 Å². The number of rotatable bonds is 5. The molecule has 1 aromatic rings. The van der Waals surface area contributed by atoms with E-state index in [4.69, 9.17) is 11.6 Å². The van der Waals surface area contributed by atoms with E-state index in [9.17, 15) is 20.0 Å². The van der Waals surface area contributed by atoms with E-state index >= 15 is 0 Å². The summed E-state index contributed by atoms with van der Waals surface area (Å²) in [7, 11) is 1.51. The molecule has 0 saturated carbocycles. The largest absolute Gasteiger partial charge is 0.505 e. The fourth-order valence-electron chi connectivity index (χ4n) is 1.42. The first kappa shape index (κ1) is 16.6. The minimum absolute atomic E-state index is 0.0354. The van der Waals surface area contributed by atoms with Crippen molar-refractivity contribution in [2.24, 2.45) is 10.1 Å². The van der Waals surface area contributed by atoms with E-state index in [1.54, 1.807) is 6.92 Å². The molecular formula is C12H13ClN4O4. The number of nitro benzene ring substituents is 1. The van der Waals surface area contributed by atoms with Crippen LogP contribution >= 0.6 is 11.6 Å². The molecule has 0 aromatic heterocycles. The molecule has 0 radical (unpaired) electrons. The number of halogens is 1. The summed E-state index contributed by atoms with van der Waals surface area (Å²) in [4.78, 5) is 25.2. The van der Waals surface area contributed by atoms with Gasteiger partial charge in [-0.3, -0.25) is 25.3 Å². The highest BCUT2D eigenvalue weighted by Crippen LogP contribution is 2.34. The first-order valence-electron chi connectivity index (χ1n) is 5.73. The van der Waals surface area contributed by atoms with Gasteiger partial charge in [0.1, 0.15) is 16.5 Å². The van der Waals surface area contributed by atoms with Crippen LogP contribution in [-0.2, 0) is 4.79 Å². The lowest BCUT2D eigenvalue weighted by Crippen LogP contribution is -2.20. The average Bonchev–Trinajstić information content (AvgIpc) is 2.41. The quantitative estimate of drug-likeness (QED) is 0.374. The van der Waals surface area contributed by atoms with E-state index in [0.717, 1.165) is 12.1 Å². The smallest absolute Gasteiger partial charge is 0.291 e. The number of hydrogen-bond acceptors (Lipinski definition) is 7. The van der Waals surface area contributed by atoms with E-state index in [1.165, 1.54) is 14.0 Å². The summed E-state index contributed by atoms with van der Waals surface area (Å²) < 4.78 is 0. The average molecular weight is 313 g/mol. The first-order chi connectivity index (χ1) is 9.77. The Kier molecular flexibility index (Phi) is 5.37. The van der Waals surface area contributed by atoms with E-state index in [-0.39, 0.29) is 22.2 Å². The topological polar surface area (TPSA) is 117 Å². The SMILES string of the molecule is CN=C(C)/C(=N/Nc1cc(Cl)c([N+](=O)[O-])cc1O)C(C)=O. The second kappa shape index (κ2) is 6.80. The van der Waals surface area contributed by atoms with Gasteiger partial charge in [0.25, 0.3) is 5.69 Å². The Morgan fingerprint density at radius 1 is 1.43 bits per heavy atom. The minimum Gasteiger partial charge on any atom is -0.505 e. The molecule has 0 spiro atoms. The third kappa shape index (κ3) is 3.99. The second-order valence-electron chi connectivity index (χ2n) is 4.02. The summed E-state index contributed by atoms with van der Waals surface area (Å²) in [5.74, 6) is -0.734. The number of phenolic OH excluding ortho intramolecular Hbond substituents is 1. The molecule has 2 N–H and O–H groups in total. The minimum atomic E-state index is -0.718. The number of nitrogens with zero attached hydrogens (tertiary/aromatic N) is 3. The number of phenols is 1. The van der Waals surface area contributed by atoms with Crippen molar-refractivity contribution in [3.8, 4) is 5.75 Å². The van der Waals surface area contributed by atoms with Crippen molar-refractivity contribution < 1.29 is 14.8 Å². The van der Waals surface area contributed by atoms with Gasteiger partial charge in [0.2, 0.25) is 0 Å². The number of anilines is 1. The van der Waals surface area contributed by atoms with Crippen molar-refractivity contribution in [3.05, 3.63) is 27.3 Å². The van der Waals surface area contributed by atoms with Gasteiger partial charge < -0.3 is 5.11 Å². The zero-order chi connectivity index (χ0) is 16.2. The maximum atomic E-state index is 11.4. The Labute approximate surface area is 125 Å². The molecule has 9 heteroatoms. The van der Waals surface area contributed by atoms with Crippen LogP contribution in [0.25, 0.3) is 0 Å². The number of ketones is 1. The summed E-state index contributed by atoms with van der Waals surface area (Å²) in [6.45, 7) is 2.92. The summed E-state index contributed by atoms with van der Waals surface area (Å²) in [5.41, 5.74) is 2.53. The van der Waals surface area contributed by atoms with Crippen LogP contribution in [0.1, 0.15) is 13.8 Å². The van der Waals surface area contributed by atoms with Crippen LogP contribution in [0.5, 0.6) is 5.75 Å². The number of Topliss-reactive ketones (excluding diaryl/α,β-unsaturated/α-hetero) is 1. The maximum absolute atomic E-state index is 11.4. The number of carbonyl (C=O) groups is 1. The lowest BCUT2D eigenvalue weighted by atomic mass is 10.2. The zero-order valence-electron chi connectivity index (χ0n) is 11.5. The van der Waals surface area contributed by atoms with Gasteiger partial charge in [-0.15, -0.1) is 0 Å². The first-order valence-corrected chi connectivity index (χ1v) is 6.11. The molecule has 0 bridgehead atoms. The molecule has 0 aliphatic heterocycles. The number of benzene rings is 1. The number of nitro groups is 1. The number of aliphatic imine (C=N–C) groups is 1. The molecule has 0 aliphatic carbocycles. The monoisotopic (exact) mass is 312 g/mol. The van der Waals surface area contributed by atoms with Gasteiger partial charge in [0, 0.05) is 14.0 Å². The van der Waals surface area contributed by atoms with Gasteiger partial charge in [0.05, 0.1) is 22.4 Å². The molecule has 1 aromatic carbocycles. The predicted octanol–water partition coefficient (Wildman–Crippen LogP) is 2.40. The molecule has 8 nitrogen and oxygen atoms in total. The molecular weight excluding hydrogens is 300 g/mol. The number of hydrogen-bond donors (Lipinski definition) is 2. The molecule has 0 fully saturated rings. The Bertz CT molecular complexity index is 655. The standard InChI is InChI=1S/C12H13ClN4O4/c1-6(14-3)12(7(2)18)16-15-9-4-8(13)10(17(20)21)5-11(9)19/h4-5,15,19H,1-3H3/b14-6?,16-12-. The lowest BCUT2D eigenvalue weighted by Gasteiger charge is -2.07. The molecule has 0 unspecified atom stereocenters. The number of aromatic hydroxyl groups is 1. The van der Waals surface area contributed by atoms with Crippen LogP contribution in [0.4, 0.5) is 11.4 Å². The number of carbonyl (C=O) groups excluding carboxylic acids is 1. The maximum Gasteiger partial charge on any atom is 0.291 e. The van der Waals surface area contributed by atoms with Crippen LogP contribution in [0.15, 0.2) is 22.2 Å². The summed E-state index contributed by atoms with van der Waals surface area (Å²) >= 11 is 5.73. The van der Waals surface area contributed by atoms with Crippen LogP contribution in [0.3, 0.4) is 0 Å². The molecule has 0 amide bonds. The molecule has 0 aliphatic rings. The molecule has 0 atom stereocenters. The van der Waals surface area contributed by atoms with Gasteiger partial charge in [0.15, 0.2) is 5.78 Å². The summed E-state index contributed by atoms with van der Waals surface area (Å²) in [6, 6.07) is 2.04. The second-order valence-corrected chi connectivity index (χ2v) is 4.42. The fraction of sp³-hybridized carbons (Fsp3) is 0.250. The van der Waals surface area contributed by atoms with Crippen molar-refractivity contribution in [1.29, 1.82) is 0 Å². The molecule has 21 heavy (non-hydrogen) atoms. The van der Waals surface area contributed by atoms with Crippen LogP contribution in [0, 0.1) is 10.1 Å². The number of nitrogens with one attached hydrogen (secondary N) is 1. The Balaban J connectivity index is 3.17. The molecule has 112 valence electrons. The van der Waals surface area contributed by atoms with Crippen molar-refractivity contribution in [2.45, 2.75) is 13.8 Å². The Morgan fingerprint density at radius 2 is 2.05 bits per heavy atom. The fourth-order valence-corrected chi connectivity index (χ4v) is 1.65. The predicted molar refractivity (Wildman–Crippen MR) is 80.5 cm³/mol. The van der Waals surface area contributed by atoms with E-state index in [2.05, 4.69) is 15.5 Å². The van der Waals surface area contributed by atoms with Crippen molar-refractivity contribution in [2.75, 3.05) is 12.5 Å². The van der Waals surface area contributed by atoms with Crippen LogP contribution < -0.4 is 5.43 Å². The highest BCUT2D eigenvalue weighted by Gasteiger charge is 2.17. The highest BCUT2D eigenvalue weighted by molar-refractivity contribution is 6.66. The zero-order valence-corrected chi connectivity index (χ0v) is 12.3. The van der Waals surface area contributed by atoms with Crippen LogP contribution in [-0.4, -0.2) is 34.3 Å². The van der Waals surface area contributed by atoms with Crippen molar-refractivity contribution >= 4 is 40.2 Å². The molecule has 1 rings (SSSR count). The van der Waals surface area contributed by atoms with E-state index in [0.29, 0.717) is 5.71 Å². The Hall–Kier alpha value is -2.48. The summed E-state index contributed by atoms with van der Waals surface area (Å²) in [5, 5.41) is 24.0. The van der Waals surface area contributed by atoms with E-state index < -0.39 is 16.4 Å². The van der Waals surface area contributed by atoms with Gasteiger partial charge in [-0.1, -0.05) is 11.6 Å². The van der Waals surface area contributed by atoms with Crippen LogP contribution in [0.2, 0.25) is 5.02 Å². The van der Waals surface area contributed by atoms with Gasteiger partial charge in [-0.05, 0) is 13.0 Å². The molecule has 0 heterocycles. The van der Waals surface area contributed by atoms with Crippen molar-refractivity contribution in [3.63, 3.8) is 0 Å². The third-order valence-electron chi connectivity index (χ3n) is 2.56. The highest BCUT2D eigenvalue weighted by atomic mass is 35.5. The Morgan fingerprint density at radius 3 is 2.52 bits per heavy atom. The lowest BCUT2D eigenvalue weighted by molar-refractivity contribution is -0.384. The van der Waals surface area contributed by atoms with Crippen molar-refractivity contribution in [1.82, 2.24) is 0 Å². The molecule has 0 saturated heterocycles. The van der Waals surface area contributed by atoms with E-state index in [1.807, 2.05) is 0 Å².